The van der Waals surface area contributed by atoms with Gasteiger partial charge in [0, 0.05) is 12.1 Å². The number of hydrogen-bond acceptors (Lipinski definition) is 4. The van der Waals surface area contributed by atoms with Crippen LogP contribution < -0.4 is 9.47 Å². The van der Waals surface area contributed by atoms with Crippen LogP contribution in [0.4, 0.5) is 0 Å². The maximum absolute atomic E-state index is 13.0. The van der Waals surface area contributed by atoms with Gasteiger partial charge in [0.05, 0.1) is 20.3 Å². The van der Waals surface area contributed by atoms with E-state index in [0.717, 1.165) is 11.1 Å². The first-order valence-electron chi connectivity index (χ1n) is 8.44. The molecule has 0 aliphatic carbocycles. The topological polar surface area (TPSA) is 76.1 Å². The lowest BCUT2D eigenvalue weighted by Gasteiger charge is -2.44. The Morgan fingerprint density at radius 2 is 1.81 bits per heavy atom. The Balaban J connectivity index is 1.94. The number of carboxylic acids is 1. The van der Waals surface area contributed by atoms with Crippen molar-refractivity contribution in [3.05, 3.63) is 58.7 Å². The highest BCUT2D eigenvalue weighted by atomic mass is 16.5. The highest BCUT2D eigenvalue weighted by Gasteiger charge is 2.46. The number of carbonyl (C=O) groups excluding carboxylic acids is 1. The molecule has 1 N–H and O–H groups in total. The summed E-state index contributed by atoms with van der Waals surface area (Å²) in [5.74, 6) is -0.746. The summed E-state index contributed by atoms with van der Waals surface area (Å²) >= 11 is 0. The summed E-state index contributed by atoms with van der Waals surface area (Å²) in [6.07, 6.45) is 0.645. The number of methoxy groups -OCH3 is 2. The van der Waals surface area contributed by atoms with E-state index in [0.29, 0.717) is 35.6 Å². The summed E-state index contributed by atoms with van der Waals surface area (Å²) in [5, 5.41) is 9.97. The largest absolute Gasteiger partial charge is 0.493 e. The Morgan fingerprint density at radius 1 is 1.12 bits per heavy atom. The Morgan fingerprint density at radius 3 is 2.50 bits per heavy atom. The average Bonchev–Trinajstić information content (AvgIpc) is 2.66. The van der Waals surface area contributed by atoms with Gasteiger partial charge < -0.3 is 19.5 Å². The molecule has 0 fully saturated rings. The number of nitrogens with zero attached hydrogens (tertiary/aromatic N) is 1. The van der Waals surface area contributed by atoms with Gasteiger partial charge in [-0.2, -0.15) is 0 Å². The second-order valence-electron chi connectivity index (χ2n) is 6.50. The number of fused-ring (bicyclic) bond motifs is 4. The molecule has 0 saturated heterocycles. The van der Waals surface area contributed by atoms with Crippen LogP contribution in [0.2, 0.25) is 0 Å². The molecule has 2 unspecified atom stereocenters. The fraction of sp³-hybridized carbons (Fsp3) is 0.300. The van der Waals surface area contributed by atoms with Gasteiger partial charge in [0.15, 0.2) is 11.5 Å². The zero-order valence-electron chi connectivity index (χ0n) is 14.6. The lowest BCUT2D eigenvalue weighted by Crippen LogP contribution is -2.48. The Labute approximate surface area is 151 Å². The summed E-state index contributed by atoms with van der Waals surface area (Å²) < 4.78 is 10.8. The molecular weight excluding hydrogens is 334 g/mol. The van der Waals surface area contributed by atoms with E-state index < -0.39 is 17.9 Å². The number of rotatable bonds is 3. The third-order valence-electron chi connectivity index (χ3n) is 5.29. The van der Waals surface area contributed by atoms with Gasteiger partial charge in [-0.25, -0.2) is 0 Å². The molecule has 26 heavy (non-hydrogen) atoms. The number of hydrogen-bond donors (Lipinski definition) is 1. The van der Waals surface area contributed by atoms with Crippen LogP contribution in [-0.2, 0) is 11.2 Å². The fourth-order valence-corrected chi connectivity index (χ4v) is 4.12. The average molecular weight is 353 g/mol. The molecule has 0 saturated carbocycles. The predicted molar refractivity (Wildman–Crippen MR) is 93.8 cm³/mol. The Kier molecular flexibility index (Phi) is 3.83. The van der Waals surface area contributed by atoms with Crippen LogP contribution in [0.3, 0.4) is 0 Å². The summed E-state index contributed by atoms with van der Waals surface area (Å²) in [6.45, 7) is 0.476. The number of carboxylic acid groups (broad SMARTS) is 1. The Bertz CT molecular complexity index is 907. The third kappa shape index (κ3) is 2.25. The Hall–Kier alpha value is -3.02. The van der Waals surface area contributed by atoms with Gasteiger partial charge in [0.1, 0.15) is 5.92 Å². The van der Waals surface area contributed by atoms with Gasteiger partial charge in [-0.15, -0.1) is 0 Å². The first-order valence-corrected chi connectivity index (χ1v) is 8.44. The molecule has 6 heteroatoms. The van der Waals surface area contributed by atoms with Crippen LogP contribution in [0.1, 0.15) is 39.0 Å². The van der Waals surface area contributed by atoms with Gasteiger partial charge in [-0.1, -0.05) is 18.2 Å². The SMILES string of the molecule is COc1cc2c(cc1OC)C1C(C(=O)O)c3ccccc3C(=O)N1CC2. The van der Waals surface area contributed by atoms with E-state index in [1.165, 1.54) is 0 Å². The summed E-state index contributed by atoms with van der Waals surface area (Å²) in [4.78, 5) is 26.8. The standard InChI is InChI=1S/C20H19NO5/c1-25-15-9-11-7-8-21-18(14(11)10-16(15)26-2)17(20(23)24)12-5-3-4-6-13(12)19(21)22/h3-6,9-10,17-18H,7-8H2,1-2H3,(H,23,24). The number of amides is 1. The molecule has 0 radical (unpaired) electrons. The van der Waals surface area contributed by atoms with E-state index in [4.69, 9.17) is 9.47 Å². The first kappa shape index (κ1) is 16.4. The van der Waals surface area contributed by atoms with Gasteiger partial charge in [-0.3, -0.25) is 9.59 Å². The van der Waals surface area contributed by atoms with E-state index in [-0.39, 0.29) is 5.91 Å². The third-order valence-corrected chi connectivity index (χ3v) is 5.29. The molecule has 4 rings (SSSR count). The fourth-order valence-electron chi connectivity index (χ4n) is 4.12. The van der Waals surface area contributed by atoms with E-state index in [2.05, 4.69) is 0 Å². The van der Waals surface area contributed by atoms with Gasteiger partial charge in [0.2, 0.25) is 0 Å². The minimum absolute atomic E-state index is 0.122. The maximum atomic E-state index is 13.0. The van der Waals surface area contributed by atoms with Crippen LogP contribution in [0.25, 0.3) is 0 Å². The minimum Gasteiger partial charge on any atom is -0.493 e. The summed E-state index contributed by atoms with van der Waals surface area (Å²) in [5.41, 5.74) is 2.83. The molecule has 2 aliphatic rings. The van der Waals surface area contributed by atoms with Crippen molar-refractivity contribution >= 4 is 11.9 Å². The van der Waals surface area contributed by atoms with Crippen LogP contribution in [0.5, 0.6) is 11.5 Å². The highest BCUT2D eigenvalue weighted by molar-refractivity contribution is 6.00. The second-order valence-corrected chi connectivity index (χ2v) is 6.50. The monoisotopic (exact) mass is 353 g/mol. The quantitative estimate of drug-likeness (QED) is 0.918. The molecule has 2 atom stereocenters. The molecule has 2 aliphatic heterocycles. The molecule has 1 amide bonds. The van der Waals surface area contributed by atoms with E-state index in [1.54, 1.807) is 43.4 Å². The molecule has 0 bridgehead atoms. The number of benzene rings is 2. The van der Waals surface area contributed by atoms with Gasteiger partial charge >= 0.3 is 5.97 Å². The van der Waals surface area contributed by atoms with Crippen molar-refractivity contribution in [1.29, 1.82) is 0 Å². The first-order chi connectivity index (χ1) is 12.6. The molecule has 134 valence electrons. The van der Waals surface area contributed by atoms with E-state index in [9.17, 15) is 14.7 Å². The van der Waals surface area contributed by atoms with Crippen molar-refractivity contribution < 1.29 is 24.2 Å². The molecule has 0 spiro atoms. The number of carbonyl (C=O) groups is 2. The number of ether oxygens (including phenoxy) is 2. The van der Waals surface area contributed by atoms with Crippen molar-refractivity contribution in [3.63, 3.8) is 0 Å². The summed E-state index contributed by atoms with van der Waals surface area (Å²) in [7, 11) is 3.11. The van der Waals surface area contributed by atoms with Crippen molar-refractivity contribution in [1.82, 2.24) is 4.90 Å². The number of aliphatic carboxylic acids is 1. The molecule has 2 heterocycles. The zero-order valence-corrected chi connectivity index (χ0v) is 14.6. The van der Waals surface area contributed by atoms with Crippen molar-refractivity contribution in [2.24, 2.45) is 0 Å². The maximum Gasteiger partial charge on any atom is 0.313 e. The van der Waals surface area contributed by atoms with Crippen molar-refractivity contribution in [2.45, 2.75) is 18.4 Å². The molecule has 2 aromatic rings. The highest BCUT2D eigenvalue weighted by Crippen LogP contribution is 2.48. The van der Waals surface area contributed by atoms with E-state index >= 15 is 0 Å². The normalized spacial score (nSPS) is 20.7. The van der Waals surface area contributed by atoms with Crippen LogP contribution in [-0.4, -0.2) is 42.6 Å². The van der Waals surface area contributed by atoms with Crippen LogP contribution in [0, 0.1) is 0 Å². The molecule has 2 aromatic carbocycles. The van der Waals surface area contributed by atoms with Crippen molar-refractivity contribution in [3.8, 4) is 11.5 Å². The lowest BCUT2D eigenvalue weighted by molar-refractivity contribution is -0.140. The molecular formula is C20H19NO5. The second kappa shape index (κ2) is 6.05. The molecule has 6 nitrogen and oxygen atoms in total. The van der Waals surface area contributed by atoms with Gasteiger partial charge in [-0.05, 0) is 41.3 Å². The lowest BCUT2D eigenvalue weighted by atomic mass is 9.76. The summed E-state index contributed by atoms with van der Waals surface area (Å²) in [6, 6.07) is 10.1. The van der Waals surface area contributed by atoms with Crippen molar-refractivity contribution in [2.75, 3.05) is 20.8 Å². The minimum atomic E-state index is -0.942. The smallest absolute Gasteiger partial charge is 0.313 e. The van der Waals surface area contributed by atoms with Gasteiger partial charge in [0.25, 0.3) is 5.91 Å². The van der Waals surface area contributed by atoms with Crippen LogP contribution >= 0.6 is 0 Å². The predicted octanol–water partition coefficient (Wildman–Crippen LogP) is 2.63. The molecule has 0 aromatic heterocycles. The van der Waals surface area contributed by atoms with E-state index in [1.807, 2.05) is 12.1 Å². The van der Waals surface area contributed by atoms with Crippen LogP contribution in [0.15, 0.2) is 36.4 Å². The zero-order chi connectivity index (χ0) is 18.4.